The van der Waals surface area contributed by atoms with Gasteiger partial charge in [-0.15, -0.1) is 0 Å². The third-order valence-electron chi connectivity index (χ3n) is 4.54. The van der Waals surface area contributed by atoms with Crippen LogP contribution in [0.4, 0.5) is 5.69 Å². The first kappa shape index (κ1) is 15.9. The summed E-state index contributed by atoms with van der Waals surface area (Å²) in [6.45, 7) is 18.7. The smallest absolute Gasteiger partial charge is 0.0434 e. The van der Waals surface area contributed by atoms with Crippen molar-refractivity contribution in [3.63, 3.8) is 0 Å². The van der Waals surface area contributed by atoms with Crippen LogP contribution in [0.25, 0.3) is 0 Å². The Morgan fingerprint density at radius 1 is 1.19 bits per heavy atom. The molecule has 0 amide bonds. The molecule has 0 saturated carbocycles. The standard InChI is InChI=1S/C19H30N2/c1-7-15(2)21-13-12-20(14-16(21)3)18-10-8-17(9-11-18)19(4,5)6/h8-11,16H,2,7,12-14H2,1,3-6H3. The lowest BCUT2D eigenvalue weighted by Crippen LogP contribution is -2.51. The molecular weight excluding hydrogens is 256 g/mol. The molecule has 0 radical (unpaired) electrons. The first-order chi connectivity index (χ1) is 9.82. The normalized spacial score (nSPS) is 19.8. The minimum absolute atomic E-state index is 0.226. The molecular formula is C19H30N2. The van der Waals surface area contributed by atoms with Gasteiger partial charge < -0.3 is 9.80 Å². The minimum atomic E-state index is 0.226. The highest BCUT2D eigenvalue weighted by atomic mass is 15.3. The largest absolute Gasteiger partial charge is 0.369 e. The molecule has 0 spiro atoms. The average molecular weight is 286 g/mol. The van der Waals surface area contributed by atoms with Gasteiger partial charge in [0.2, 0.25) is 0 Å². The lowest BCUT2D eigenvalue weighted by atomic mass is 9.87. The monoisotopic (exact) mass is 286 g/mol. The molecule has 0 bridgehead atoms. The zero-order chi connectivity index (χ0) is 15.6. The highest BCUT2D eigenvalue weighted by Gasteiger charge is 2.24. The van der Waals surface area contributed by atoms with Crippen LogP contribution in [-0.2, 0) is 5.41 Å². The Bertz CT molecular complexity index is 481. The van der Waals surface area contributed by atoms with Crippen LogP contribution >= 0.6 is 0 Å². The van der Waals surface area contributed by atoms with Crippen molar-refractivity contribution in [2.24, 2.45) is 0 Å². The van der Waals surface area contributed by atoms with Crippen LogP contribution in [0, 0.1) is 0 Å². The number of hydrogen-bond acceptors (Lipinski definition) is 2. The second kappa shape index (κ2) is 6.13. The summed E-state index contributed by atoms with van der Waals surface area (Å²) >= 11 is 0. The van der Waals surface area contributed by atoms with Gasteiger partial charge in [-0.2, -0.15) is 0 Å². The SMILES string of the molecule is C=C(CC)N1CCN(c2ccc(C(C)(C)C)cc2)CC1C. The van der Waals surface area contributed by atoms with Crippen molar-refractivity contribution in [3.8, 4) is 0 Å². The van der Waals surface area contributed by atoms with Gasteiger partial charge >= 0.3 is 0 Å². The third kappa shape index (κ3) is 3.61. The zero-order valence-electron chi connectivity index (χ0n) is 14.3. The molecule has 0 N–H and O–H groups in total. The second-order valence-corrected chi connectivity index (χ2v) is 7.21. The molecule has 2 nitrogen and oxygen atoms in total. The first-order valence-corrected chi connectivity index (χ1v) is 8.13. The molecule has 1 fully saturated rings. The highest BCUT2D eigenvalue weighted by molar-refractivity contribution is 5.49. The fraction of sp³-hybridized carbons (Fsp3) is 0.579. The summed E-state index contributed by atoms with van der Waals surface area (Å²) in [5.41, 5.74) is 4.24. The van der Waals surface area contributed by atoms with Crippen LogP contribution < -0.4 is 4.90 Å². The van der Waals surface area contributed by atoms with E-state index in [0.717, 1.165) is 26.1 Å². The lowest BCUT2D eigenvalue weighted by molar-refractivity contribution is 0.238. The Morgan fingerprint density at radius 2 is 1.81 bits per heavy atom. The van der Waals surface area contributed by atoms with Crippen molar-refractivity contribution in [1.82, 2.24) is 4.90 Å². The van der Waals surface area contributed by atoms with Gasteiger partial charge in [-0.1, -0.05) is 46.4 Å². The van der Waals surface area contributed by atoms with Gasteiger partial charge in [0.05, 0.1) is 0 Å². The number of piperazine rings is 1. The highest BCUT2D eigenvalue weighted by Crippen LogP contribution is 2.26. The van der Waals surface area contributed by atoms with Crippen LogP contribution in [0.1, 0.15) is 46.6 Å². The molecule has 21 heavy (non-hydrogen) atoms. The maximum atomic E-state index is 4.19. The summed E-state index contributed by atoms with van der Waals surface area (Å²) in [5.74, 6) is 0. The quantitative estimate of drug-likeness (QED) is 0.811. The zero-order valence-corrected chi connectivity index (χ0v) is 14.3. The number of nitrogens with zero attached hydrogens (tertiary/aromatic N) is 2. The fourth-order valence-corrected chi connectivity index (χ4v) is 3.04. The average Bonchev–Trinajstić information content (AvgIpc) is 2.45. The van der Waals surface area contributed by atoms with Gasteiger partial charge in [0, 0.05) is 37.1 Å². The fourth-order valence-electron chi connectivity index (χ4n) is 3.04. The van der Waals surface area contributed by atoms with Crippen LogP contribution in [0.2, 0.25) is 0 Å². The molecule has 1 unspecified atom stereocenters. The van der Waals surface area contributed by atoms with E-state index in [1.165, 1.54) is 16.9 Å². The predicted octanol–water partition coefficient (Wildman–Crippen LogP) is 4.42. The number of rotatable bonds is 3. The number of benzene rings is 1. The summed E-state index contributed by atoms with van der Waals surface area (Å²) in [7, 11) is 0. The van der Waals surface area contributed by atoms with Crippen LogP contribution in [0.5, 0.6) is 0 Å². The van der Waals surface area contributed by atoms with E-state index in [0.29, 0.717) is 6.04 Å². The van der Waals surface area contributed by atoms with Crippen molar-refractivity contribution in [1.29, 1.82) is 0 Å². The van der Waals surface area contributed by atoms with Gasteiger partial charge in [-0.25, -0.2) is 0 Å². The summed E-state index contributed by atoms with van der Waals surface area (Å²) in [6, 6.07) is 9.64. The van der Waals surface area contributed by atoms with E-state index in [1.54, 1.807) is 0 Å². The Hall–Kier alpha value is -1.44. The molecule has 1 aromatic carbocycles. The summed E-state index contributed by atoms with van der Waals surface area (Å²) in [6.07, 6.45) is 1.05. The van der Waals surface area contributed by atoms with Crippen molar-refractivity contribution in [3.05, 3.63) is 42.1 Å². The van der Waals surface area contributed by atoms with Gasteiger partial charge in [0.25, 0.3) is 0 Å². The van der Waals surface area contributed by atoms with Gasteiger partial charge in [-0.3, -0.25) is 0 Å². The van der Waals surface area contributed by atoms with E-state index in [4.69, 9.17) is 0 Å². The van der Waals surface area contributed by atoms with Crippen LogP contribution in [-0.4, -0.2) is 30.6 Å². The van der Waals surface area contributed by atoms with Crippen molar-refractivity contribution < 1.29 is 0 Å². The minimum Gasteiger partial charge on any atom is -0.369 e. The summed E-state index contributed by atoms with van der Waals surface area (Å²) in [5, 5.41) is 0. The Kier molecular flexibility index (Phi) is 4.65. The van der Waals surface area contributed by atoms with E-state index in [-0.39, 0.29) is 5.41 Å². The van der Waals surface area contributed by atoms with E-state index in [9.17, 15) is 0 Å². The first-order valence-electron chi connectivity index (χ1n) is 8.13. The molecule has 1 heterocycles. The number of anilines is 1. The van der Waals surface area contributed by atoms with E-state index in [2.05, 4.69) is 75.3 Å². The van der Waals surface area contributed by atoms with Gasteiger partial charge in [-0.05, 0) is 36.5 Å². The van der Waals surface area contributed by atoms with Gasteiger partial charge in [0.1, 0.15) is 0 Å². The molecule has 0 aromatic heterocycles. The third-order valence-corrected chi connectivity index (χ3v) is 4.54. The van der Waals surface area contributed by atoms with Crippen molar-refractivity contribution in [2.75, 3.05) is 24.5 Å². The summed E-state index contributed by atoms with van der Waals surface area (Å²) in [4.78, 5) is 4.95. The van der Waals surface area contributed by atoms with Crippen LogP contribution in [0.3, 0.4) is 0 Å². The van der Waals surface area contributed by atoms with E-state index in [1.807, 2.05) is 0 Å². The van der Waals surface area contributed by atoms with Crippen LogP contribution in [0.15, 0.2) is 36.5 Å². The Morgan fingerprint density at radius 3 is 2.29 bits per heavy atom. The number of allylic oxidation sites excluding steroid dienone is 1. The molecule has 2 heteroatoms. The second-order valence-electron chi connectivity index (χ2n) is 7.21. The van der Waals surface area contributed by atoms with E-state index < -0.39 is 0 Å². The molecule has 0 aliphatic carbocycles. The molecule has 1 aliphatic rings. The number of hydrogen-bond donors (Lipinski definition) is 0. The van der Waals surface area contributed by atoms with Crippen molar-refractivity contribution in [2.45, 2.75) is 52.5 Å². The molecule has 2 rings (SSSR count). The molecule has 1 atom stereocenters. The van der Waals surface area contributed by atoms with Crippen molar-refractivity contribution >= 4 is 5.69 Å². The molecule has 1 saturated heterocycles. The lowest BCUT2D eigenvalue weighted by Gasteiger charge is -2.43. The maximum absolute atomic E-state index is 4.19. The molecule has 1 aromatic rings. The molecule has 116 valence electrons. The Balaban J connectivity index is 2.06. The summed E-state index contributed by atoms with van der Waals surface area (Å²) < 4.78 is 0. The molecule has 1 aliphatic heterocycles. The topological polar surface area (TPSA) is 6.48 Å². The Labute approximate surface area is 130 Å². The maximum Gasteiger partial charge on any atom is 0.0434 e. The van der Waals surface area contributed by atoms with E-state index >= 15 is 0 Å². The predicted molar refractivity (Wildman–Crippen MR) is 93.0 cm³/mol. The van der Waals surface area contributed by atoms with Gasteiger partial charge in [0.15, 0.2) is 0 Å².